The lowest BCUT2D eigenvalue weighted by Gasteiger charge is -2.08. The molecule has 2 N–H and O–H groups in total. The number of amides is 1. The van der Waals surface area contributed by atoms with Crippen LogP contribution >= 0.6 is 15.9 Å². The van der Waals surface area contributed by atoms with E-state index in [-0.39, 0.29) is 11.9 Å². The van der Waals surface area contributed by atoms with Crippen LogP contribution in [0.25, 0.3) is 11.0 Å². The van der Waals surface area contributed by atoms with E-state index in [4.69, 9.17) is 4.42 Å². The van der Waals surface area contributed by atoms with Gasteiger partial charge in [-0.25, -0.2) is 0 Å². The van der Waals surface area contributed by atoms with Crippen molar-refractivity contribution in [1.29, 1.82) is 0 Å². The maximum absolute atomic E-state index is 12.0. The molecule has 94 valence electrons. The second-order valence-electron chi connectivity index (χ2n) is 4.43. The molecule has 1 unspecified atom stereocenters. The first kappa shape index (κ1) is 11.7. The number of carbonyl (C=O) groups is 1. The zero-order valence-electron chi connectivity index (χ0n) is 9.70. The largest absolute Gasteiger partial charge is 0.451 e. The van der Waals surface area contributed by atoms with Gasteiger partial charge < -0.3 is 15.1 Å². The van der Waals surface area contributed by atoms with Gasteiger partial charge in [0, 0.05) is 22.4 Å². The Kier molecular flexibility index (Phi) is 3.09. The van der Waals surface area contributed by atoms with Crippen LogP contribution in [-0.2, 0) is 0 Å². The van der Waals surface area contributed by atoms with Crippen LogP contribution in [-0.4, -0.2) is 25.0 Å². The number of nitrogens with one attached hydrogen (secondary N) is 2. The lowest BCUT2D eigenvalue weighted by molar-refractivity contribution is 0.0914. The molecule has 1 aliphatic rings. The minimum absolute atomic E-state index is 0.146. The average molecular weight is 309 g/mol. The summed E-state index contributed by atoms with van der Waals surface area (Å²) < 4.78 is 6.49. The van der Waals surface area contributed by atoms with Gasteiger partial charge in [0.2, 0.25) is 0 Å². The summed E-state index contributed by atoms with van der Waals surface area (Å²) in [5.74, 6) is 0.218. The molecule has 1 atom stereocenters. The fourth-order valence-corrected chi connectivity index (χ4v) is 2.63. The Bertz CT molecular complexity index is 588. The number of fused-ring (bicyclic) bond motifs is 1. The Labute approximate surface area is 113 Å². The third kappa shape index (κ3) is 2.15. The van der Waals surface area contributed by atoms with Crippen LogP contribution < -0.4 is 10.6 Å². The molecule has 0 radical (unpaired) electrons. The Morgan fingerprint density at radius 2 is 2.39 bits per heavy atom. The van der Waals surface area contributed by atoms with E-state index in [1.54, 1.807) is 6.07 Å². The van der Waals surface area contributed by atoms with E-state index in [1.807, 2.05) is 18.2 Å². The van der Waals surface area contributed by atoms with E-state index >= 15 is 0 Å². The second kappa shape index (κ2) is 4.74. The van der Waals surface area contributed by atoms with Gasteiger partial charge in [-0.15, -0.1) is 0 Å². The van der Waals surface area contributed by atoms with Crippen LogP contribution in [0.3, 0.4) is 0 Å². The lowest BCUT2D eigenvalue weighted by atomic mass is 10.2. The van der Waals surface area contributed by atoms with Crippen LogP contribution in [0.15, 0.2) is 33.2 Å². The number of hydrogen-bond donors (Lipinski definition) is 2. The molecule has 2 aromatic rings. The van der Waals surface area contributed by atoms with Crippen LogP contribution in [0, 0.1) is 0 Å². The van der Waals surface area contributed by atoms with Gasteiger partial charge in [0.05, 0.1) is 0 Å². The number of halogens is 1. The van der Waals surface area contributed by atoms with Crippen molar-refractivity contribution in [3.05, 3.63) is 34.5 Å². The summed E-state index contributed by atoms with van der Waals surface area (Å²) in [5.41, 5.74) is 0.721. The maximum atomic E-state index is 12.0. The minimum Gasteiger partial charge on any atom is -0.451 e. The first-order valence-electron chi connectivity index (χ1n) is 5.94. The SMILES string of the molecule is O=C(NC1CCNC1)c1cc2c(Br)cccc2o1. The highest BCUT2D eigenvalue weighted by atomic mass is 79.9. The zero-order chi connectivity index (χ0) is 12.5. The van der Waals surface area contributed by atoms with Crippen molar-refractivity contribution in [2.75, 3.05) is 13.1 Å². The molecule has 3 rings (SSSR count). The van der Waals surface area contributed by atoms with E-state index in [0.29, 0.717) is 5.76 Å². The summed E-state index contributed by atoms with van der Waals surface area (Å²) in [6.45, 7) is 1.78. The lowest BCUT2D eigenvalue weighted by Crippen LogP contribution is -2.35. The van der Waals surface area contributed by atoms with E-state index in [0.717, 1.165) is 35.0 Å². The highest BCUT2D eigenvalue weighted by molar-refractivity contribution is 9.10. The highest BCUT2D eigenvalue weighted by Crippen LogP contribution is 2.26. The zero-order valence-corrected chi connectivity index (χ0v) is 11.3. The van der Waals surface area contributed by atoms with Crippen molar-refractivity contribution in [1.82, 2.24) is 10.6 Å². The van der Waals surface area contributed by atoms with E-state index in [2.05, 4.69) is 26.6 Å². The number of benzene rings is 1. The third-order valence-electron chi connectivity index (χ3n) is 3.13. The molecule has 0 aliphatic carbocycles. The van der Waals surface area contributed by atoms with E-state index < -0.39 is 0 Å². The van der Waals surface area contributed by atoms with Crippen molar-refractivity contribution in [3.63, 3.8) is 0 Å². The molecule has 1 saturated heterocycles. The minimum atomic E-state index is -0.146. The number of furan rings is 1. The Balaban J connectivity index is 1.85. The van der Waals surface area contributed by atoms with Crippen LogP contribution in [0.5, 0.6) is 0 Å². The predicted molar refractivity (Wildman–Crippen MR) is 72.7 cm³/mol. The van der Waals surface area contributed by atoms with Gasteiger partial charge in [-0.2, -0.15) is 0 Å². The fourth-order valence-electron chi connectivity index (χ4n) is 2.17. The molecule has 4 nitrogen and oxygen atoms in total. The predicted octanol–water partition coefficient (Wildman–Crippen LogP) is 2.29. The molecule has 0 bridgehead atoms. The Hall–Kier alpha value is -1.33. The summed E-state index contributed by atoms with van der Waals surface area (Å²) >= 11 is 3.45. The van der Waals surface area contributed by atoms with E-state index in [9.17, 15) is 4.79 Å². The van der Waals surface area contributed by atoms with Crippen LogP contribution in [0.2, 0.25) is 0 Å². The molecule has 1 amide bonds. The highest BCUT2D eigenvalue weighted by Gasteiger charge is 2.20. The molecule has 1 aromatic carbocycles. The first-order chi connectivity index (χ1) is 8.74. The topological polar surface area (TPSA) is 54.3 Å². The molecule has 1 aromatic heterocycles. The van der Waals surface area contributed by atoms with Crippen molar-refractivity contribution in [2.45, 2.75) is 12.5 Å². The standard InChI is InChI=1S/C13H13BrN2O2/c14-10-2-1-3-11-9(10)6-12(18-11)13(17)16-8-4-5-15-7-8/h1-3,6,8,15H,4-5,7H2,(H,16,17). The molecule has 0 spiro atoms. The molecular formula is C13H13BrN2O2. The third-order valence-corrected chi connectivity index (χ3v) is 3.82. The quantitative estimate of drug-likeness (QED) is 0.895. The van der Waals surface area contributed by atoms with E-state index in [1.165, 1.54) is 0 Å². The summed E-state index contributed by atoms with van der Waals surface area (Å²) in [5, 5.41) is 7.10. The molecule has 1 aliphatic heterocycles. The van der Waals surface area contributed by atoms with Crippen LogP contribution in [0.4, 0.5) is 0 Å². The fraction of sp³-hybridized carbons (Fsp3) is 0.308. The number of carbonyl (C=O) groups excluding carboxylic acids is 1. The molecule has 2 heterocycles. The summed E-state index contributed by atoms with van der Waals surface area (Å²) in [7, 11) is 0. The van der Waals surface area contributed by atoms with Crippen molar-refractivity contribution in [3.8, 4) is 0 Å². The first-order valence-corrected chi connectivity index (χ1v) is 6.73. The summed E-state index contributed by atoms with van der Waals surface area (Å²) in [6, 6.07) is 7.65. The van der Waals surface area contributed by atoms with Gasteiger partial charge in [-0.1, -0.05) is 22.0 Å². The number of rotatable bonds is 2. The van der Waals surface area contributed by atoms with Crippen molar-refractivity contribution < 1.29 is 9.21 Å². The summed E-state index contributed by atoms with van der Waals surface area (Å²) in [6.07, 6.45) is 0.968. The van der Waals surface area contributed by atoms with Gasteiger partial charge >= 0.3 is 0 Å². The summed E-state index contributed by atoms with van der Waals surface area (Å²) in [4.78, 5) is 12.0. The second-order valence-corrected chi connectivity index (χ2v) is 5.28. The monoisotopic (exact) mass is 308 g/mol. The Morgan fingerprint density at radius 3 is 3.11 bits per heavy atom. The van der Waals surface area contributed by atoms with Crippen molar-refractivity contribution >= 4 is 32.8 Å². The van der Waals surface area contributed by atoms with Gasteiger partial charge in [0.25, 0.3) is 5.91 Å². The van der Waals surface area contributed by atoms with Gasteiger partial charge in [0.1, 0.15) is 5.58 Å². The molecule has 18 heavy (non-hydrogen) atoms. The maximum Gasteiger partial charge on any atom is 0.287 e. The van der Waals surface area contributed by atoms with Crippen molar-refractivity contribution in [2.24, 2.45) is 0 Å². The number of hydrogen-bond acceptors (Lipinski definition) is 3. The smallest absolute Gasteiger partial charge is 0.287 e. The molecule has 0 saturated carbocycles. The normalized spacial score (nSPS) is 19.3. The molecule has 1 fully saturated rings. The average Bonchev–Trinajstić information content (AvgIpc) is 2.97. The van der Waals surface area contributed by atoms with Gasteiger partial charge in [-0.05, 0) is 31.2 Å². The Morgan fingerprint density at radius 1 is 1.50 bits per heavy atom. The van der Waals surface area contributed by atoms with Gasteiger partial charge in [0.15, 0.2) is 5.76 Å². The van der Waals surface area contributed by atoms with Crippen LogP contribution in [0.1, 0.15) is 17.0 Å². The van der Waals surface area contributed by atoms with Gasteiger partial charge in [-0.3, -0.25) is 4.79 Å². The molecular weight excluding hydrogens is 296 g/mol. The molecule has 5 heteroatoms.